The lowest BCUT2D eigenvalue weighted by Crippen LogP contribution is -2.26. The van der Waals surface area contributed by atoms with Crippen molar-refractivity contribution in [3.63, 3.8) is 0 Å². The van der Waals surface area contributed by atoms with Crippen LogP contribution in [0.25, 0.3) is 0 Å². The quantitative estimate of drug-likeness (QED) is 0.844. The predicted molar refractivity (Wildman–Crippen MR) is 71.7 cm³/mol. The molecule has 1 aromatic rings. The minimum Gasteiger partial charge on any atom is -0.481 e. The molecule has 0 spiro atoms. The molecule has 3 nitrogen and oxygen atoms in total. The van der Waals surface area contributed by atoms with Gasteiger partial charge in [0.25, 0.3) is 0 Å². The second kappa shape index (κ2) is 6.01. The van der Waals surface area contributed by atoms with Crippen molar-refractivity contribution >= 4 is 5.97 Å². The van der Waals surface area contributed by atoms with Gasteiger partial charge in [-0.3, -0.25) is 4.79 Å². The van der Waals surface area contributed by atoms with E-state index < -0.39 is 11.4 Å². The van der Waals surface area contributed by atoms with Crippen LogP contribution in [0.1, 0.15) is 31.9 Å². The van der Waals surface area contributed by atoms with Gasteiger partial charge >= 0.3 is 5.97 Å². The third kappa shape index (κ3) is 4.15. The maximum Gasteiger partial charge on any atom is 0.309 e. The highest BCUT2D eigenvalue weighted by Gasteiger charge is 2.27. The minimum absolute atomic E-state index is 0.174. The van der Waals surface area contributed by atoms with Gasteiger partial charge in [0, 0.05) is 7.11 Å². The highest BCUT2D eigenvalue weighted by atomic mass is 16.5. The highest BCUT2D eigenvalue weighted by molar-refractivity contribution is 5.74. The molecule has 1 atom stereocenters. The number of aliphatic carboxylic acids is 1. The molecular formula is C15H22O3. The Balaban J connectivity index is 2.79. The van der Waals surface area contributed by atoms with Gasteiger partial charge in [-0.2, -0.15) is 0 Å². The normalized spacial score (nSPS) is 13.3. The van der Waals surface area contributed by atoms with E-state index in [1.807, 2.05) is 25.1 Å². The van der Waals surface area contributed by atoms with E-state index in [2.05, 4.69) is 6.07 Å². The first-order chi connectivity index (χ1) is 8.35. The van der Waals surface area contributed by atoms with Crippen molar-refractivity contribution in [2.24, 2.45) is 5.41 Å². The molecule has 0 aliphatic carbocycles. The molecule has 3 heteroatoms. The fraction of sp³-hybridized carbons (Fsp3) is 0.533. The molecule has 100 valence electrons. The number of rotatable bonds is 6. The molecule has 1 N–H and O–H groups in total. The van der Waals surface area contributed by atoms with Crippen LogP contribution < -0.4 is 0 Å². The van der Waals surface area contributed by atoms with Gasteiger partial charge in [-0.25, -0.2) is 0 Å². The standard InChI is InChI=1S/C15H22O3/c1-11(18-4)8-12-6-5-7-13(9-12)10-15(2,3)14(16)17/h5-7,9,11H,8,10H2,1-4H3,(H,16,17). The molecular weight excluding hydrogens is 228 g/mol. The van der Waals surface area contributed by atoms with Crippen LogP contribution >= 0.6 is 0 Å². The number of carbonyl (C=O) groups is 1. The Labute approximate surface area is 109 Å². The Morgan fingerprint density at radius 3 is 2.56 bits per heavy atom. The van der Waals surface area contributed by atoms with Gasteiger partial charge < -0.3 is 9.84 Å². The molecule has 0 aliphatic rings. The Hall–Kier alpha value is -1.35. The summed E-state index contributed by atoms with van der Waals surface area (Å²) in [7, 11) is 1.70. The molecule has 0 bridgehead atoms. The maximum absolute atomic E-state index is 11.1. The molecule has 0 radical (unpaired) electrons. The summed E-state index contributed by atoms with van der Waals surface area (Å²) in [5, 5.41) is 9.14. The monoisotopic (exact) mass is 250 g/mol. The van der Waals surface area contributed by atoms with Crippen molar-refractivity contribution in [1.82, 2.24) is 0 Å². The lowest BCUT2D eigenvalue weighted by Gasteiger charge is -2.19. The Kier molecular flexibility index (Phi) is 4.91. The lowest BCUT2D eigenvalue weighted by atomic mass is 9.85. The molecule has 0 saturated heterocycles. The molecule has 1 unspecified atom stereocenters. The van der Waals surface area contributed by atoms with Gasteiger partial charge in [0.15, 0.2) is 0 Å². The van der Waals surface area contributed by atoms with E-state index in [4.69, 9.17) is 9.84 Å². The van der Waals surface area contributed by atoms with Crippen LogP contribution in [0.5, 0.6) is 0 Å². The summed E-state index contributed by atoms with van der Waals surface area (Å²) in [5.41, 5.74) is 1.51. The number of hydrogen-bond donors (Lipinski definition) is 1. The highest BCUT2D eigenvalue weighted by Crippen LogP contribution is 2.23. The van der Waals surface area contributed by atoms with Crippen molar-refractivity contribution in [2.45, 2.75) is 39.7 Å². The third-order valence-corrected chi connectivity index (χ3v) is 3.14. The Morgan fingerprint density at radius 2 is 2.00 bits per heavy atom. The average Bonchev–Trinajstić information content (AvgIpc) is 2.28. The predicted octanol–water partition coefficient (Wildman–Crippen LogP) is 2.92. The van der Waals surface area contributed by atoms with E-state index >= 15 is 0 Å². The van der Waals surface area contributed by atoms with Crippen molar-refractivity contribution in [1.29, 1.82) is 0 Å². The summed E-state index contributed by atoms with van der Waals surface area (Å²) in [6, 6.07) is 8.07. The van der Waals surface area contributed by atoms with Gasteiger partial charge in [0.1, 0.15) is 0 Å². The molecule has 0 heterocycles. The molecule has 18 heavy (non-hydrogen) atoms. The smallest absolute Gasteiger partial charge is 0.309 e. The zero-order valence-corrected chi connectivity index (χ0v) is 11.6. The van der Waals surface area contributed by atoms with E-state index in [0.29, 0.717) is 6.42 Å². The average molecular weight is 250 g/mol. The molecule has 0 amide bonds. The number of methoxy groups -OCH3 is 1. The molecule has 0 aromatic heterocycles. The minimum atomic E-state index is -0.766. The van der Waals surface area contributed by atoms with Crippen LogP contribution in [0.15, 0.2) is 24.3 Å². The largest absolute Gasteiger partial charge is 0.481 e. The summed E-state index contributed by atoms with van der Waals surface area (Å²) in [6.45, 7) is 5.52. The van der Waals surface area contributed by atoms with Crippen LogP contribution in [0, 0.1) is 5.41 Å². The third-order valence-electron chi connectivity index (χ3n) is 3.14. The van der Waals surface area contributed by atoms with Crippen molar-refractivity contribution in [3.05, 3.63) is 35.4 Å². The summed E-state index contributed by atoms with van der Waals surface area (Å²) in [5.74, 6) is -0.766. The second-order valence-corrected chi connectivity index (χ2v) is 5.44. The molecule has 1 rings (SSSR count). The van der Waals surface area contributed by atoms with Crippen LogP contribution in [0.2, 0.25) is 0 Å². The second-order valence-electron chi connectivity index (χ2n) is 5.44. The summed E-state index contributed by atoms with van der Waals surface area (Å²) >= 11 is 0. The van der Waals surface area contributed by atoms with Crippen LogP contribution in [0.4, 0.5) is 0 Å². The van der Waals surface area contributed by atoms with E-state index in [0.717, 1.165) is 12.0 Å². The number of benzene rings is 1. The summed E-state index contributed by atoms with van der Waals surface area (Å²) in [6.07, 6.45) is 1.56. The zero-order valence-electron chi connectivity index (χ0n) is 11.6. The van der Waals surface area contributed by atoms with Gasteiger partial charge in [-0.05, 0) is 44.7 Å². The van der Waals surface area contributed by atoms with Crippen LogP contribution in [0.3, 0.4) is 0 Å². The number of carboxylic acid groups (broad SMARTS) is 1. The van der Waals surface area contributed by atoms with Gasteiger partial charge in [0.2, 0.25) is 0 Å². The molecule has 0 aliphatic heterocycles. The fourth-order valence-corrected chi connectivity index (χ4v) is 1.87. The number of hydrogen-bond acceptors (Lipinski definition) is 2. The number of ether oxygens (including phenoxy) is 1. The maximum atomic E-state index is 11.1. The molecule has 0 fully saturated rings. The van der Waals surface area contributed by atoms with Crippen molar-refractivity contribution in [3.8, 4) is 0 Å². The SMILES string of the molecule is COC(C)Cc1cccc(CC(C)(C)C(=O)O)c1. The van der Waals surface area contributed by atoms with Crippen LogP contribution in [-0.4, -0.2) is 24.3 Å². The first kappa shape index (κ1) is 14.7. The van der Waals surface area contributed by atoms with E-state index in [1.165, 1.54) is 5.56 Å². The van der Waals surface area contributed by atoms with Gasteiger partial charge in [0.05, 0.1) is 11.5 Å². The topological polar surface area (TPSA) is 46.5 Å². The van der Waals surface area contributed by atoms with Gasteiger partial charge in [-0.15, -0.1) is 0 Å². The Morgan fingerprint density at radius 1 is 1.39 bits per heavy atom. The summed E-state index contributed by atoms with van der Waals surface area (Å²) < 4.78 is 5.24. The molecule has 1 aromatic carbocycles. The first-order valence-electron chi connectivity index (χ1n) is 6.19. The van der Waals surface area contributed by atoms with E-state index in [1.54, 1.807) is 21.0 Å². The van der Waals surface area contributed by atoms with Crippen molar-refractivity contribution < 1.29 is 14.6 Å². The number of carboxylic acids is 1. The Bertz CT molecular complexity index is 410. The lowest BCUT2D eigenvalue weighted by molar-refractivity contribution is -0.146. The zero-order chi connectivity index (χ0) is 13.8. The summed E-state index contributed by atoms with van der Waals surface area (Å²) in [4.78, 5) is 11.1. The van der Waals surface area contributed by atoms with Crippen LogP contribution in [-0.2, 0) is 22.4 Å². The molecule has 0 saturated carbocycles. The fourth-order valence-electron chi connectivity index (χ4n) is 1.87. The van der Waals surface area contributed by atoms with E-state index in [9.17, 15) is 4.79 Å². The first-order valence-corrected chi connectivity index (χ1v) is 6.19. The van der Waals surface area contributed by atoms with Gasteiger partial charge in [-0.1, -0.05) is 24.3 Å². The van der Waals surface area contributed by atoms with Crippen molar-refractivity contribution in [2.75, 3.05) is 7.11 Å². The van der Waals surface area contributed by atoms with E-state index in [-0.39, 0.29) is 6.10 Å².